The van der Waals surface area contributed by atoms with Crippen LogP contribution in [-0.2, 0) is 7.05 Å². The summed E-state index contributed by atoms with van der Waals surface area (Å²) in [5, 5.41) is 4.81. The molecule has 0 radical (unpaired) electrons. The van der Waals surface area contributed by atoms with Gasteiger partial charge in [0.25, 0.3) is 5.91 Å². The van der Waals surface area contributed by atoms with Crippen molar-refractivity contribution in [3.63, 3.8) is 0 Å². The van der Waals surface area contributed by atoms with Crippen molar-refractivity contribution in [2.45, 2.75) is 0 Å². The van der Waals surface area contributed by atoms with E-state index >= 15 is 0 Å². The van der Waals surface area contributed by atoms with Gasteiger partial charge < -0.3 is 4.57 Å². The van der Waals surface area contributed by atoms with Crippen LogP contribution in [0.2, 0.25) is 10.0 Å². The van der Waals surface area contributed by atoms with Crippen LogP contribution in [0.3, 0.4) is 0 Å². The van der Waals surface area contributed by atoms with Crippen molar-refractivity contribution in [1.82, 2.24) is 9.99 Å². The Balaban J connectivity index is 2.14. The van der Waals surface area contributed by atoms with Gasteiger partial charge >= 0.3 is 0 Å². The molecule has 0 saturated carbocycles. The van der Waals surface area contributed by atoms with Crippen LogP contribution >= 0.6 is 55.1 Å². The molecule has 1 aromatic carbocycles. The number of nitrogens with one attached hydrogen (secondary N) is 1. The first kappa shape index (κ1) is 16.5. The summed E-state index contributed by atoms with van der Waals surface area (Å²) in [6, 6.07) is 6.82. The summed E-state index contributed by atoms with van der Waals surface area (Å²) in [7, 11) is 1.76. The summed E-state index contributed by atoms with van der Waals surface area (Å²) in [6.45, 7) is 0. The molecule has 0 aliphatic rings. The molecule has 8 heteroatoms. The van der Waals surface area contributed by atoms with Crippen molar-refractivity contribution < 1.29 is 4.79 Å². The van der Waals surface area contributed by atoms with E-state index in [1.54, 1.807) is 35.9 Å². The number of hydrogen-bond donors (Lipinski definition) is 1. The Morgan fingerprint density at radius 2 is 1.95 bits per heavy atom. The zero-order valence-electron chi connectivity index (χ0n) is 10.7. The molecule has 0 fully saturated rings. The highest BCUT2D eigenvalue weighted by atomic mass is 79.9. The molecule has 2 aromatic rings. The fourth-order valence-corrected chi connectivity index (χ4v) is 2.89. The SMILES string of the molecule is Cn1c(C(=O)N/N=C/c2c(Cl)cccc2Cl)cc(Br)c1Br. The van der Waals surface area contributed by atoms with Gasteiger partial charge in [0.05, 0.1) is 25.3 Å². The summed E-state index contributed by atoms with van der Waals surface area (Å²) in [6.07, 6.45) is 1.41. The Labute approximate surface area is 148 Å². The molecule has 21 heavy (non-hydrogen) atoms. The van der Waals surface area contributed by atoms with Crippen LogP contribution in [0.25, 0.3) is 0 Å². The molecule has 0 aliphatic heterocycles. The summed E-state index contributed by atoms with van der Waals surface area (Å²) < 4.78 is 3.25. The molecule has 0 unspecified atom stereocenters. The second-order valence-corrected chi connectivity index (χ2v) is 6.48. The molecule has 4 nitrogen and oxygen atoms in total. The predicted octanol–water partition coefficient (Wildman–Crippen LogP) is 4.62. The van der Waals surface area contributed by atoms with Crippen molar-refractivity contribution in [3.8, 4) is 0 Å². The van der Waals surface area contributed by atoms with Gasteiger partial charge in [-0.3, -0.25) is 4.79 Å². The number of amides is 1. The van der Waals surface area contributed by atoms with E-state index in [0.717, 1.165) is 9.08 Å². The molecule has 0 spiro atoms. The minimum absolute atomic E-state index is 0.344. The van der Waals surface area contributed by atoms with Gasteiger partial charge in [-0.2, -0.15) is 5.10 Å². The number of rotatable bonds is 3. The summed E-state index contributed by atoms with van der Waals surface area (Å²) >= 11 is 18.7. The molecular formula is C13H9Br2Cl2N3O. The van der Waals surface area contributed by atoms with Gasteiger partial charge in [0, 0.05) is 12.6 Å². The zero-order chi connectivity index (χ0) is 15.6. The second kappa shape index (κ2) is 6.96. The van der Waals surface area contributed by atoms with Crippen LogP contribution in [0.5, 0.6) is 0 Å². The van der Waals surface area contributed by atoms with E-state index in [0.29, 0.717) is 21.3 Å². The van der Waals surface area contributed by atoms with Crippen LogP contribution in [-0.4, -0.2) is 16.7 Å². The van der Waals surface area contributed by atoms with Gasteiger partial charge in [-0.15, -0.1) is 0 Å². The van der Waals surface area contributed by atoms with Gasteiger partial charge in [-0.25, -0.2) is 5.43 Å². The first-order valence-corrected chi connectivity index (χ1v) is 8.04. The molecule has 1 amide bonds. The number of carbonyl (C=O) groups is 1. The Kier molecular flexibility index (Phi) is 5.48. The Morgan fingerprint density at radius 1 is 1.33 bits per heavy atom. The number of aromatic nitrogens is 1. The number of hydrazone groups is 1. The number of hydrogen-bond acceptors (Lipinski definition) is 2. The minimum Gasteiger partial charge on any atom is -0.333 e. The van der Waals surface area contributed by atoms with Crippen LogP contribution < -0.4 is 5.43 Å². The molecule has 1 aromatic heterocycles. The number of halogens is 4. The van der Waals surface area contributed by atoms with Crippen LogP contribution in [0, 0.1) is 0 Å². The molecule has 1 heterocycles. The third-order valence-corrected chi connectivity index (χ3v) is 5.46. The van der Waals surface area contributed by atoms with Gasteiger partial charge in [-0.1, -0.05) is 29.3 Å². The highest BCUT2D eigenvalue weighted by molar-refractivity contribution is 9.13. The minimum atomic E-state index is -0.344. The molecule has 0 aliphatic carbocycles. The van der Waals surface area contributed by atoms with Crippen molar-refractivity contribution in [1.29, 1.82) is 0 Å². The average Bonchev–Trinajstić information content (AvgIpc) is 2.70. The normalized spacial score (nSPS) is 11.1. The third-order valence-electron chi connectivity index (χ3n) is 2.71. The van der Waals surface area contributed by atoms with E-state index in [4.69, 9.17) is 23.2 Å². The van der Waals surface area contributed by atoms with Crippen LogP contribution in [0.4, 0.5) is 0 Å². The highest BCUT2D eigenvalue weighted by Gasteiger charge is 2.14. The predicted molar refractivity (Wildman–Crippen MR) is 92.3 cm³/mol. The number of benzene rings is 1. The van der Waals surface area contributed by atoms with E-state index in [2.05, 4.69) is 42.4 Å². The van der Waals surface area contributed by atoms with Crippen molar-refractivity contribution in [3.05, 3.63) is 54.6 Å². The summed E-state index contributed by atoms with van der Waals surface area (Å²) in [5.74, 6) is -0.344. The zero-order valence-corrected chi connectivity index (χ0v) is 15.4. The van der Waals surface area contributed by atoms with E-state index in [9.17, 15) is 4.79 Å². The lowest BCUT2D eigenvalue weighted by Gasteiger charge is -2.03. The fourth-order valence-electron chi connectivity index (χ4n) is 1.61. The van der Waals surface area contributed by atoms with Gasteiger partial charge in [0.2, 0.25) is 0 Å². The van der Waals surface area contributed by atoms with Gasteiger partial charge in [-0.05, 0) is 50.1 Å². The lowest BCUT2D eigenvalue weighted by atomic mass is 10.2. The van der Waals surface area contributed by atoms with E-state index in [-0.39, 0.29) is 5.91 Å². The molecule has 0 saturated heterocycles. The smallest absolute Gasteiger partial charge is 0.288 e. The first-order valence-electron chi connectivity index (χ1n) is 5.70. The number of carbonyl (C=O) groups excluding carboxylic acids is 1. The summed E-state index contributed by atoms with van der Waals surface area (Å²) in [4.78, 5) is 12.0. The van der Waals surface area contributed by atoms with Gasteiger partial charge in [0.15, 0.2) is 0 Å². The van der Waals surface area contributed by atoms with E-state index in [1.807, 2.05) is 0 Å². The molecule has 1 N–H and O–H groups in total. The van der Waals surface area contributed by atoms with Crippen molar-refractivity contribution in [2.24, 2.45) is 12.1 Å². The molecule has 0 atom stereocenters. The maximum Gasteiger partial charge on any atom is 0.288 e. The molecule has 2 rings (SSSR count). The maximum atomic E-state index is 12.0. The van der Waals surface area contributed by atoms with Crippen molar-refractivity contribution >= 4 is 67.2 Å². The standard InChI is InChI=1S/C13H9Br2Cl2N3O/c1-20-11(5-8(14)12(20)15)13(21)19-18-6-7-9(16)3-2-4-10(7)17/h2-6H,1H3,(H,19,21)/b18-6+. The van der Waals surface area contributed by atoms with E-state index in [1.165, 1.54) is 6.21 Å². The Morgan fingerprint density at radius 3 is 2.48 bits per heavy atom. The lowest BCUT2D eigenvalue weighted by Crippen LogP contribution is -2.20. The maximum absolute atomic E-state index is 12.0. The van der Waals surface area contributed by atoms with Crippen LogP contribution in [0.15, 0.2) is 38.4 Å². The monoisotopic (exact) mass is 451 g/mol. The quantitative estimate of drug-likeness (QED) is 0.535. The van der Waals surface area contributed by atoms with E-state index < -0.39 is 0 Å². The first-order chi connectivity index (χ1) is 9.91. The largest absolute Gasteiger partial charge is 0.333 e. The third kappa shape index (κ3) is 3.69. The highest BCUT2D eigenvalue weighted by Crippen LogP contribution is 2.26. The Hall–Kier alpha value is -0.820. The topological polar surface area (TPSA) is 46.4 Å². The average molecular weight is 454 g/mol. The Bertz CT molecular complexity index is 708. The fraction of sp³-hybridized carbons (Fsp3) is 0.0769. The molecular weight excluding hydrogens is 445 g/mol. The molecule has 110 valence electrons. The van der Waals surface area contributed by atoms with Crippen molar-refractivity contribution in [2.75, 3.05) is 0 Å². The van der Waals surface area contributed by atoms with Gasteiger partial charge in [0.1, 0.15) is 5.69 Å². The number of nitrogens with zero attached hydrogens (tertiary/aromatic N) is 2. The summed E-state index contributed by atoms with van der Waals surface area (Å²) in [5.41, 5.74) is 3.44. The van der Waals surface area contributed by atoms with Crippen LogP contribution in [0.1, 0.15) is 16.1 Å². The molecule has 0 bridgehead atoms. The second-order valence-electron chi connectivity index (χ2n) is 4.06. The lowest BCUT2D eigenvalue weighted by molar-refractivity contribution is 0.0947.